The molecule has 1 saturated carbocycles. The van der Waals surface area contributed by atoms with Crippen LogP contribution in [-0.4, -0.2) is 27.2 Å². The largest absolute Gasteiger partial charge is 0.384 e. The van der Waals surface area contributed by atoms with Crippen molar-refractivity contribution >= 4 is 0 Å². The van der Waals surface area contributed by atoms with Gasteiger partial charge in [-0.2, -0.15) is 0 Å². The van der Waals surface area contributed by atoms with Gasteiger partial charge in [0, 0.05) is 31.5 Å². The average Bonchev–Trinajstić information content (AvgIpc) is 2.90. The third-order valence-corrected chi connectivity index (χ3v) is 2.56. The van der Waals surface area contributed by atoms with E-state index in [4.69, 9.17) is 0 Å². The monoisotopic (exact) mass is 195 g/mol. The Morgan fingerprint density at radius 2 is 2.50 bits per heavy atom. The highest BCUT2D eigenvalue weighted by Crippen LogP contribution is 2.19. The standard InChI is InChI=1S/C10H17N3O/c1-2-13-6-5-11-10(13)9(14)7-12-8-3-4-8/h5-6,8-9,12,14H,2-4,7H2,1H3. The zero-order chi connectivity index (χ0) is 9.97. The highest BCUT2D eigenvalue weighted by molar-refractivity contribution is 4.97. The average molecular weight is 195 g/mol. The van der Waals surface area contributed by atoms with Gasteiger partial charge in [-0.1, -0.05) is 0 Å². The van der Waals surface area contributed by atoms with E-state index in [1.165, 1.54) is 12.8 Å². The van der Waals surface area contributed by atoms with Gasteiger partial charge in [0.1, 0.15) is 11.9 Å². The van der Waals surface area contributed by atoms with Gasteiger partial charge >= 0.3 is 0 Å². The van der Waals surface area contributed by atoms with Gasteiger partial charge in [0.05, 0.1) is 0 Å². The number of aryl methyl sites for hydroxylation is 1. The zero-order valence-corrected chi connectivity index (χ0v) is 8.48. The molecule has 1 aliphatic carbocycles. The third-order valence-electron chi connectivity index (χ3n) is 2.56. The van der Waals surface area contributed by atoms with Gasteiger partial charge in [-0.15, -0.1) is 0 Å². The van der Waals surface area contributed by atoms with Crippen LogP contribution < -0.4 is 5.32 Å². The van der Waals surface area contributed by atoms with Crippen LogP contribution in [0.5, 0.6) is 0 Å². The van der Waals surface area contributed by atoms with Crippen molar-refractivity contribution in [3.05, 3.63) is 18.2 Å². The SMILES string of the molecule is CCn1ccnc1C(O)CNC1CC1. The van der Waals surface area contributed by atoms with E-state index < -0.39 is 6.10 Å². The first-order chi connectivity index (χ1) is 6.81. The molecule has 1 heterocycles. The molecular formula is C10H17N3O. The Morgan fingerprint density at radius 3 is 3.14 bits per heavy atom. The van der Waals surface area contributed by atoms with E-state index >= 15 is 0 Å². The van der Waals surface area contributed by atoms with Gasteiger partial charge in [-0.3, -0.25) is 0 Å². The van der Waals surface area contributed by atoms with E-state index in [2.05, 4.69) is 10.3 Å². The van der Waals surface area contributed by atoms with Crippen molar-refractivity contribution in [2.45, 2.75) is 38.5 Å². The van der Waals surface area contributed by atoms with Crippen molar-refractivity contribution in [1.29, 1.82) is 0 Å². The minimum Gasteiger partial charge on any atom is -0.384 e. The predicted octanol–water partition coefficient (Wildman–Crippen LogP) is 0.688. The van der Waals surface area contributed by atoms with Gasteiger partial charge < -0.3 is 15.0 Å². The fourth-order valence-electron chi connectivity index (χ4n) is 1.54. The van der Waals surface area contributed by atoms with Crippen molar-refractivity contribution in [2.24, 2.45) is 0 Å². The molecule has 0 spiro atoms. The molecular weight excluding hydrogens is 178 g/mol. The second kappa shape index (κ2) is 4.11. The summed E-state index contributed by atoms with van der Waals surface area (Å²) in [7, 11) is 0. The summed E-state index contributed by atoms with van der Waals surface area (Å²) in [6, 6.07) is 0.634. The lowest BCUT2D eigenvalue weighted by atomic mass is 10.3. The van der Waals surface area contributed by atoms with Gasteiger partial charge in [0.15, 0.2) is 0 Å². The Labute approximate surface area is 84.0 Å². The van der Waals surface area contributed by atoms with Crippen molar-refractivity contribution < 1.29 is 5.11 Å². The smallest absolute Gasteiger partial charge is 0.138 e. The molecule has 0 saturated heterocycles. The number of rotatable bonds is 5. The fourth-order valence-corrected chi connectivity index (χ4v) is 1.54. The number of hydrogen-bond acceptors (Lipinski definition) is 3. The van der Waals surface area contributed by atoms with Crippen LogP contribution in [0, 0.1) is 0 Å². The maximum atomic E-state index is 9.85. The maximum absolute atomic E-state index is 9.85. The van der Waals surface area contributed by atoms with Crippen LogP contribution in [-0.2, 0) is 6.54 Å². The summed E-state index contributed by atoms with van der Waals surface area (Å²) in [5.74, 6) is 0.764. The highest BCUT2D eigenvalue weighted by atomic mass is 16.3. The molecule has 1 unspecified atom stereocenters. The lowest BCUT2D eigenvalue weighted by Gasteiger charge is -2.12. The molecule has 0 amide bonds. The molecule has 4 heteroatoms. The van der Waals surface area contributed by atoms with Crippen LogP contribution in [0.3, 0.4) is 0 Å². The van der Waals surface area contributed by atoms with Gasteiger partial charge in [-0.05, 0) is 19.8 Å². The molecule has 1 atom stereocenters. The number of aromatic nitrogens is 2. The Balaban J connectivity index is 1.91. The fraction of sp³-hybridized carbons (Fsp3) is 0.700. The molecule has 0 radical (unpaired) electrons. The number of nitrogens with zero attached hydrogens (tertiary/aromatic N) is 2. The summed E-state index contributed by atoms with van der Waals surface area (Å²) in [5.41, 5.74) is 0. The summed E-state index contributed by atoms with van der Waals surface area (Å²) in [4.78, 5) is 4.16. The second-order valence-electron chi connectivity index (χ2n) is 3.77. The molecule has 0 aromatic carbocycles. The normalized spacial score (nSPS) is 18.4. The number of hydrogen-bond donors (Lipinski definition) is 2. The lowest BCUT2D eigenvalue weighted by Crippen LogP contribution is -2.25. The van der Waals surface area contributed by atoms with Crippen LogP contribution in [0.15, 0.2) is 12.4 Å². The first-order valence-corrected chi connectivity index (χ1v) is 5.23. The number of imidazole rings is 1. The lowest BCUT2D eigenvalue weighted by molar-refractivity contribution is 0.160. The van der Waals surface area contributed by atoms with Gasteiger partial charge in [-0.25, -0.2) is 4.98 Å². The number of aliphatic hydroxyl groups is 1. The quantitative estimate of drug-likeness (QED) is 0.726. The third kappa shape index (κ3) is 2.13. The molecule has 78 valence electrons. The van der Waals surface area contributed by atoms with Crippen LogP contribution >= 0.6 is 0 Å². The van der Waals surface area contributed by atoms with Crippen molar-refractivity contribution in [3.63, 3.8) is 0 Å². The van der Waals surface area contributed by atoms with E-state index in [0.29, 0.717) is 12.6 Å². The summed E-state index contributed by atoms with van der Waals surface area (Å²) in [5, 5.41) is 13.1. The summed E-state index contributed by atoms with van der Waals surface area (Å²) in [6.45, 7) is 3.52. The summed E-state index contributed by atoms with van der Waals surface area (Å²) in [6.07, 6.45) is 5.64. The maximum Gasteiger partial charge on any atom is 0.138 e. The van der Waals surface area contributed by atoms with Crippen molar-refractivity contribution in [1.82, 2.24) is 14.9 Å². The van der Waals surface area contributed by atoms with E-state index in [-0.39, 0.29) is 0 Å². The molecule has 1 fully saturated rings. The van der Waals surface area contributed by atoms with E-state index in [9.17, 15) is 5.11 Å². The molecule has 1 aromatic heterocycles. The van der Waals surface area contributed by atoms with Crippen LogP contribution in [0.25, 0.3) is 0 Å². The summed E-state index contributed by atoms with van der Waals surface area (Å²) >= 11 is 0. The Kier molecular flexibility index (Phi) is 2.84. The van der Waals surface area contributed by atoms with E-state index in [1.807, 2.05) is 17.7 Å². The minimum absolute atomic E-state index is 0.481. The number of nitrogens with one attached hydrogen (secondary N) is 1. The highest BCUT2D eigenvalue weighted by Gasteiger charge is 2.22. The predicted molar refractivity (Wildman–Crippen MR) is 53.9 cm³/mol. The van der Waals surface area contributed by atoms with Crippen LogP contribution in [0.2, 0.25) is 0 Å². The molecule has 14 heavy (non-hydrogen) atoms. The molecule has 2 rings (SSSR count). The Bertz CT molecular complexity index is 293. The second-order valence-corrected chi connectivity index (χ2v) is 3.77. The molecule has 4 nitrogen and oxygen atoms in total. The Morgan fingerprint density at radius 1 is 1.71 bits per heavy atom. The van der Waals surface area contributed by atoms with Crippen molar-refractivity contribution in [2.75, 3.05) is 6.54 Å². The molecule has 0 aliphatic heterocycles. The van der Waals surface area contributed by atoms with E-state index in [1.54, 1.807) is 6.20 Å². The molecule has 1 aliphatic rings. The molecule has 1 aromatic rings. The van der Waals surface area contributed by atoms with Crippen molar-refractivity contribution in [3.8, 4) is 0 Å². The van der Waals surface area contributed by atoms with Gasteiger partial charge in [0.2, 0.25) is 0 Å². The number of aliphatic hydroxyl groups excluding tert-OH is 1. The molecule has 0 bridgehead atoms. The van der Waals surface area contributed by atoms with Crippen LogP contribution in [0.1, 0.15) is 31.7 Å². The first kappa shape index (κ1) is 9.68. The molecule has 2 N–H and O–H groups in total. The summed E-state index contributed by atoms with van der Waals surface area (Å²) < 4.78 is 1.97. The zero-order valence-electron chi connectivity index (χ0n) is 8.48. The Hall–Kier alpha value is -0.870. The first-order valence-electron chi connectivity index (χ1n) is 5.23. The van der Waals surface area contributed by atoms with Crippen LogP contribution in [0.4, 0.5) is 0 Å². The minimum atomic E-state index is -0.481. The topological polar surface area (TPSA) is 50.1 Å². The van der Waals surface area contributed by atoms with E-state index in [0.717, 1.165) is 12.4 Å². The van der Waals surface area contributed by atoms with Gasteiger partial charge in [0.25, 0.3) is 0 Å².